The van der Waals surface area contributed by atoms with Crippen molar-refractivity contribution in [1.82, 2.24) is 5.32 Å². The van der Waals surface area contributed by atoms with Crippen LogP contribution in [0.5, 0.6) is 0 Å². The number of ketones is 1. The number of hydrogen-bond acceptors (Lipinski definition) is 16. The Morgan fingerprint density at radius 2 is 1.67 bits per heavy atom. The summed E-state index contributed by atoms with van der Waals surface area (Å²) in [5, 5.41) is 39.3. The molecule has 9 unspecified atom stereocenters. The molecule has 0 spiro atoms. The summed E-state index contributed by atoms with van der Waals surface area (Å²) in [7, 11) is 0. The lowest BCUT2D eigenvalue weighted by Gasteiger charge is -2.67. The number of nitrogens with one attached hydrogen (secondary N) is 1. The van der Waals surface area contributed by atoms with E-state index in [0.717, 1.165) is 13.8 Å². The highest BCUT2D eigenvalue weighted by molar-refractivity contribution is 5.95. The molecule has 4 N–H and O–H groups in total. The van der Waals surface area contributed by atoms with Crippen LogP contribution in [-0.2, 0) is 47.6 Å². The van der Waals surface area contributed by atoms with Crippen LogP contribution in [0.1, 0.15) is 83.5 Å². The first-order chi connectivity index (χ1) is 27.2. The van der Waals surface area contributed by atoms with E-state index in [2.05, 4.69) is 5.32 Å². The van der Waals surface area contributed by atoms with Crippen LogP contribution in [0.2, 0.25) is 0 Å². The number of furan rings is 1. The summed E-state index contributed by atoms with van der Waals surface area (Å²) in [6, 6.07) is 9.14. The van der Waals surface area contributed by atoms with Gasteiger partial charge in [0.05, 0.1) is 42.5 Å². The molecule has 17 nitrogen and oxygen atoms in total. The number of fused-ring (bicyclic) bond motifs is 5. The van der Waals surface area contributed by atoms with Gasteiger partial charge in [0, 0.05) is 32.1 Å². The van der Waals surface area contributed by atoms with Crippen LogP contribution in [0, 0.1) is 16.7 Å². The van der Waals surface area contributed by atoms with Crippen LogP contribution in [0.25, 0.3) is 0 Å². The molecule has 314 valence electrons. The maximum Gasteiger partial charge on any atom is 0.407 e. The summed E-state index contributed by atoms with van der Waals surface area (Å²) in [4.78, 5) is 81.8. The Morgan fingerprint density at radius 1 is 0.983 bits per heavy atom. The minimum atomic E-state index is -2.40. The van der Waals surface area contributed by atoms with Gasteiger partial charge >= 0.3 is 30.0 Å². The van der Waals surface area contributed by atoms with Crippen molar-refractivity contribution in [1.29, 1.82) is 0 Å². The van der Waals surface area contributed by atoms with Gasteiger partial charge in [-0.2, -0.15) is 0 Å². The number of carbonyl (C=O) groups excluding carboxylic acids is 6. The standard InChI is InChI=1S/C41H49NO16/c1-8-52-37(50)42-29(24-15-12-16-53-24)30(46)36(49)56-25-18-41(51)34(57-35(48)23-13-10-9-11-14-23)32-39(7,26(45)17-27-40(32,19-54-27)58-22(4)44)33(47)31(55-21(3)43)28(20(25)2)38(41,5)6/h9-16,25-27,29-32,34,45-46,51H,8,17-19H2,1-7H3,(H,42,50)/t25?,26?,27?,29?,30?,31?,32?,34?,39-,40+,41?/m1/s1. The van der Waals surface area contributed by atoms with Gasteiger partial charge in [-0.15, -0.1) is 0 Å². The monoisotopic (exact) mass is 811 g/mol. The lowest BCUT2D eigenvalue weighted by atomic mass is 9.44. The fourth-order valence-corrected chi connectivity index (χ4v) is 9.44. The number of aliphatic hydroxyl groups excluding tert-OH is 2. The summed E-state index contributed by atoms with van der Waals surface area (Å²) in [5.74, 6) is -6.41. The average Bonchev–Trinajstić information content (AvgIpc) is 3.70. The van der Waals surface area contributed by atoms with Crippen molar-refractivity contribution in [2.45, 2.75) is 115 Å². The van der Waals surface area contributed by atoms with E-state index < -0.39 is 113 Å². The Hall–Kier alpha value is -5.10. The van der Waals surface area contributed by atoms with Crippen LogP contribution in [0.15, 0.2) is 64.3 Å². The van der Waals surface area contributed by atoms with Gasteiger partial charge in [0.15, 0.2) is 23.6 Å². The van der Waals surface area contributed by atoms with E-state index in [-0.39, 0.29) is 42.1 Å². The van der Waals surface area contributed by atoms with E-state index in [1.165, 1.54) is 58.2 Å². The zero-order valence-corrected chi connectivity index (χ0v) is 33.2. The van der Waals surface area contributed by atoms with Crippen molar-refractivity contribution in [3.05, 3.63) is 71.2 Å². The molecule has 58 heavy (non-hydrogen) atoms. The number of benzene rings is 1. The normalized spacial score (nSPS) is 33.3. The molecule has 1 amide bonds. The molecular formula is C41H49NO16. The number of rotatable bonds is 10. The molecule has 3 fully saturated rings. The molecule has 1 aromatic carbocycles. The highest BCUT2D eigenvalue weighted by Gasteiger charge is 2.78. The molecular weight excluding hydrogens is 762 g/mol. The Balaban J connectivity index is 1.55. The van der Waals surface area contributed by atoms with E-state index in [1.54, 1.807) is 25.1 Å². The third-order valence-corrected chi connectivity index (χ3v) is 12.4. The van der Waals surface area contributed by atoms with Gasteiger partial charge in [-0.3, -0.25) is 14.4 Å². The number of carbonyl (C=O) groups is 6. The van der Waals surface area contributed by atoms with Gasteiger partial charge in [0.25, 0.3) is 0 Å². The highest BCUT2D eigenvalue weighted by Crippen LogP contribution is 2.64. The zero-order chi connectivity index (χ0) is 42.5. The van der Waals surface area contributed by atoms with Crippen LogP contribution in [0.3, 0.4) is 0 Å². The fourth-order valence-electron chi connectivity index (χ4n) is 9.44. The van der Waals surface area contributed by atoms with Crippen molar-refractivity contribution in [3.63, 3.8) is 0 Å². The van der Waals surface area contributed by atoms with Gasteiger partial charge in [0.1, 0.15) is 35.7 Å². The molecule has 17 heteroatoms. The quantitative estimate of drug-likeness (QED) is 0.153. The highest BCUT2D eigenvalue weighted by atomic mass is 16.6. The molecule has 1 aliphatic heterocycles. The van der Waals surface area contributed by atoms with Crippen LogP contribution in [0.4, 0.5) is 4.79 Å². The van der Waals surface area contributed by atoms with Crippen molar-refractivity contribution in [2.75, 3.05) is 13.2 Å². The van der Waals surface area contributed by atoms with Crippen LogP contribution < -0.4 is 5.32 Å². The van der Waals surface area contributed by atoms with E-state index >= 15 is 4.79 Å². The number of ether oxygens (including phenoxy) is 6. The van der Waals surface area contributed by atoms with Gasteiger partial charge in [-0.05, 0) is 56.2 Å². The van der Waals surface area contributed by atoms with Gasteiger partial charge < -0.3 is 53.5 Å². The second-order valence-electron chi connectivity index (χ2n) is 16.0. The number of esters is 4. The summed E-state index contributed by atoms with van der Waals surface area (Å²) in [6.45, 7) is 9.37. The Kier molecular flexibility index (Phi) is 11.4. The molecule has 0 radical (unpaired) electrons. The molecule has 4 aliphatic rings. The summed E-state index contributed by atoms with van der Waals surface area (Å²) in [6.07, 6.45) is -10.4. The average molecular weight is 812 g/mol. The lowest BCUT2D eigenvalue weighted by molar-refractivity contribution is -0.346. The summed E-state index contributed by atoms with van der Waals surface area (Å²) in [5.41, 5.74) is -7.73. The zero-order valence-electron chi connectivity index (χ0n) is 33.2. The van der Waals surface area contributed by atoms with Gasteiger partial charge in [0.2, 0.25) is 0 Å². The van der Waals surface area contributed by atoms with Crippen molar-refractivity contribution in [2.24, 2.45) is 16.7 Å². The van der Waals surface area contributed by atoms with E-state index in [0.29, 0.717) is 0 Å². The predicted molar refractivity (Wildman–Crippen MR) is 196 cm³/mol. The molecule has 1 saturated heterocycles. The smallest absolute Gasteiger partial charge is 0.407 e. The van der Waals surface area contributed by atoms with E-state index in [9.17, 15) is 39.3 Å². The topological polar surface area (TPSA) is 244 Å². The number of alkyl carbamates (subject to hydrolysis) is 1. The first kappa shape index (κ1) is 42.5. The predicted octanol–water partition coefficient (Wildman–Crippen LogP) is 2.64. The van der Waals surface area contributed by atoms with Crippen molar-refractivity contribution >= 4 is 35.8 Å². The second kappa shape index (κ2) is 15.6. The van der Waals surface area contributed by atoms with Crippen LogP contribution in [-0.4, -0.2) is 112 Å². The van der Waals surface area contributed by atoms with Crippen LogP contribution >= 0.6 is 0 Å². The minimum Gasteiger partial charge on any atom is -0.467 e. The number of aliphatic hydroxyl groups is 3. The maximum atomic E-state index is 15.4. The maximum absolute atomic E-state index is 15.4. The summed E-state index contributed by atoms with van der Waals surface area (Å²) >= 11 is 0. The van der Waals surface area contributed by atoms with Crippen molar-refractivity contribution < 1.29 is 76.9 Å². The lowest BCUT2D eigenvalue weighted by Crippen LogP contribution is -2.82. The molecule has 2 saturated carbocycles. The molecule has 6 rings (SSSR count). The molecule has 2 heterocycles. The van der Waals surface area contributed by atoms with Gasteiger partial charge in [-0.25, -0.2) is 14.4 Å². The Labute approximate surface area is 333 Å². The number of amides is 1. The Bertz CT molecular complexity index is 1980. The van der Waals surface area contributed by atoms with E-state index in [4.69, 9.17) is 32.8 Å². The minimum absolute atomic E-state index is 0.0258. The summed E-state index contributed by atoms with van der Waals surface area (Å²) < 4.78 is 40.3. The number of Topliss-reactive ketones (excluding diaryl/α,β-unsaturated/α-hetero) is 1. The van der Waals surface area contributed by atoms with E-state index in [1.807, 2.05) is 0 Å². The number of hydrogen-bond donors (Lipinski definition) is 4. The molecule has 1 aromatic heterocycles. The fraction of sp³-hybridized carbons (Fsp3) is 0.561. The van der Waals surface area contributed by atoms with Crippen molar-refractivity contribution in [3.8, 4) is 0 Å². The largest absolute Gasteiger partial charge is 0.467 e. The third-order valence-electron chi connectivity index (χ3n) is 12.4. The first-order valence-electron chi connectivity index (χ1n) is 19.0. The molecule has 3 aliphatic carbocycles. The molecule has 2 aromatic rings. The van der Waals surface area contributed by atoms with Gasteiger partial charge in [-0.1, -0.05) is 32.0 Å². The molecule has 2 bridgehead atoms. The Morgan fingerprint density at radius 3 is 2.24 bits per heavy atom. The third kappa shape index (κ3) is 6.86. The molecule has 11 atom stereocenters. The first-order valence-corrected chi connectivity index (χ1v) is 19.0. The SMILES string of the molecule is CCOC(=O)NC(c1ccco1)C(O)C(=O)OC1CC2(O)C(OC(=O)c3ccccc3)C3[C@]4(OC(C)=O)COC4CC(O)[C@@]3(C)C(=O)C(OC(C)=O)C(=C1C)C2(C)C. The second-order valence-corrected chi connectivity index (χ2v) is 16.0.